The predicted octanol–water partition coefficient (Wildman–Crippen LogP) is 1.63. The van der Waals surface area contributed by atoms with Gasteiger partial charge in [-0.05, 0) is 31.5 Å². The maximum atomic E-state index is 12.3. The first-order valence-corrected chi connectivity index (χ1v) is 7.17. The van der Waals surface area contributed by atoms with Gasteiger partial charge in [0.1, 0.15) is 6.04 Å². The Morgan fingerprint density at radius 1 is 1.19 bits per heavy atom. The van der Waals surface area contributed by atoms with Crippen LogP contribution in [0.4, 0.5) is 5.69 Å². The van der Waals surface area contributed by atoms with E-state index >= 15 is 0 Å². The molecule has 1 aromatic rings. The molecule has 0 aliphatic heterocycles. The average molecular weight is 291 g/mol. The van der Waals surface area contributed by atoms with E-state index in [0.717, 1.165) is 11.3 Å². The number of nitrogens with zero attached hydrogens (tertiary/aromatic N) is 2. The fraction of sp³-hybridized carbons (Fsp3) is 0.500. The molecule has 0 aromatic heterocycles. The van der Waals surface area contributed by atoms with Crippen LogP contribution in [0, 0.1) is 0 Å². The molecule has 0 saturated carbocycles. The van der Waals surface area contributed by atoms with Gasteiger partial charge in [-0.1, -0.05) is 12.1 Å². The van der Waals surface area contributed by atoms with Gasteiger partial charge in [0.15, 0.2) is 0 Å². The van der Waals surface area contributed by atoms with E-state index < -0.39 is 6.04 Å². The van der Waals surface area contributed by atoms with Crippen molar-refractivity contribution in [2.75, 3.05) is 25.5 Å². The highest BCUT2D eigenvalue weighted by atomic mass is 16.2. The van der Waals surface area contributed by atoms with E-state index in [9.17, 15) is 9.59 Å². The van der Waals surface area contributed by atoms with E-state index in [2.05, 4.69) is 5.32 Å². The van der Waals surface area contributed by atoms with Crippen LogP contribution in [0.15, 0.2) is 24.3 Å². The largest absolute Gasteiger partial charge is 0.378 e. The molecule has 0 radical (unpaired) electrons. The number of amides is 2. The first kappa shape index (κ1) is 17.0. The third-order valence-corrected chi connectivity index (χ3v) is 3.31. The van der Waals surface area contributed by atoms with Gasteiger partial charge in [0.05, 0.1) is 0 Å². The minimum absolute atomic E-state index is 0.0654. The van der Waals surface area contributed by atoms with Crippen LogP contribution in [0.5, 0.6) is 0 Å². The zero-order valence-electron chi connectivity index (χ0n) is 13.5. The van der Waals surface area contributed by atoms with Crippen molar-refractivity contribution in [3.05, 3.63) is 29.8 Å². The Hall–Kier alpha value is -2.04. The summed E-state index contributed by atoms with van der Waals surface area (Å²) in [6, 6.07) is 7.61. The first-order chi connectivity index (χ1) is 9.85. The van der Waals surface area contributed by atoms with Crippen LogP contribution < -0.4 is 10.2 Å². The molecule has 2 amide bonds. The van der Waals surface area contributed by atoms with E-state index in [0.29, 0.717) is 13.1 Å². The number of likely N-dealkylation sites (N-methyl/N-ethyl adjacent to an activating group) is 1. The highest BCUT2D eigenvalue weighted by molar-refractivity contribution is 5.86. The number of carbonyl (C=O) groups is 2. The van der Waals surface area contributed by atoms with Crippen LogP contribution in [-0.4, -0.2) is 43.4 Å². The second-order valence-corrected chi connectivity index (χ2v) is 5.34. The quantitative estimate of drug-likeness (QED) is 0.866. The molecule has 0 fully saturated rings. The number of benzene rings is 1. The van der Waals surface area contributed by atoms with Crippen LogP contribution in [0.2, 0.25) is 0 Å². The number of nitrogens with one attached hydrogen (secondary N) is 1. The van der Waals surface area contributed by atoms with Crippen LogP contribution in [0.25, 0.3) is 0 Å². The molecule has 0 bridgehead atoms. The summed E-state index contributed by atoms with van der Waals surface area (Å²) in [6.45, 7) is 6.22. The van der Waals surface area contributed by atoms with Crippen molar-refractivity contribution >= 4 is 17.5 Å². The summed E-state index contributed by atoms with van der Waals surface area (Å²) >= 11 is 0. The lowest BCUT2D eigenvalue weighted by Crippen LogP contribution is -2.46. The maximum Gasteiger partial charge on any atom is 0.245 e. The first-order valence-electron chi connectivity index (χ1n) is 7.17. The van der Waals surface area contributed by atoms with Crippen LogP contribution in [0.3, 0.4) is 0 Å². The molecule has 1 aromatic carbocycles. The molecular weight excluding hydrogens is 266 g/mol. The van der Waals surface area contributed by atoms with Crippen LogP contribution >= 0.6 is 0 Å². The molecule has 1 N–H and O–H groups in total. The van der Waals surface area contributed by atoms with Crippen molar-refractivity contribution in [3.8, 4) is 0 Å². The Morgan fingerprint density at radius 2 is 1.76 bits per heavy atom. The van der Waals surface area contributed by atoms with Gasteiger partial charge in [-0.2, -0.15) is 0 Å². The average Bonchev–Trinajstić information content (AvgIpc) is 2.43. The van der Waals surface area contributed by atoms with Gasteiger partial charge in [-0.25, -0.2) is 0 Å². The number of carbonyl (C=O) groups excluding carboxylic acids is 2. The monoisotopic (exact) mass is 291 g/mol. The number of rotatable bonds is 6. The lowest BCUT2D eigenvalue weighted by atomic mass is 10.1. The Bertz CT molecular complexity index is 483. The fourth-order valence-corrected chi connectivity index (χ4v) is 2.11. The highest BCUT2D eigenvalue weighted by Gasteiger charge is 2.20. The third kappa shape index (κ3) is 5.10. The summed E-state index contributed by atoms with van der Waals surface area (Å²) in [5.74, 6) is -0.258. The minimum Gasteiger partial charge on any atom is -0.378 e. The van der Waals surface area contributed by atoms with Crippen LogP contribution in [-0.2, 0) is 16.1 Å². The van der Waals surface area contributed by atoms with Crippen molar-refractivity contribution < 1.29 is 9.59 Å². The Balaban J connectivity index is 2.73. The molecule has 1 atom stereocenters. The molecular formula is C16H25N3O2. The molecule has 5 nitrogen and oxygen atoms in total. The molecule has 0 aliphatic carbocycles. The van der Waals surface area contributed by atoms with Gasteiger partial charge >= 0.3 is 0 Å². The Labute approximate surface area is 126 Å². The number of hydrogen-bond acceptors (Lipinski definition) is 3. The van der Waals surface area contributed by atoms with Crippen molar-refractivity contribution in [1.29, 1.82) is 0 Å². The molecule has 0 saturated heterocycles. The van der Waals surface area contributed by atoms with E-state index in [1.54, 1.807) is 11.8 Å². The molecule has 1 rings (SSSR count). The van der Waals surface area contributed by atoms with Crippen LogP contribution in [0.1, 0.15) is 26.3 Å². The second kappa shape index (κ2) is 7.67. The molecule has 0 aliphatic rings. The lowest BCUT2D eigenvalue weighted by Gasteiger charge is -2.25. The van der Waals surface area contributed by atoms with E-state index in [4.69, 9.17) is 0 Å². The zero-order valence-corrected chi connectivity index (χ0v) is 13.5. The summed E-state index contributed by atoms with van der Waals surface area (Å²) in [6.07, 6.45) is 0. The summed E-state index contributed by atoms with van der Waals surface area (Å²) in [5, 5.41) is 2.63. The number of hydrogen-bond donors (Lipinski definition) is 1. The Morgan fingerprint density at radius 3 is 2.19 bits per heavy atom. The molecule has 0 heterocycles. The van der Waals surface area contributed by atoms with E-state index in [1.165, 1.54) is 6.92 Å². The summed E-state index contributed by atoms with van der Waals surface area (Å²) in [5.41, 5.74) is 2.20. The van der Waals surface area contributed by atoms with Crippen molar-refractivity contribution in [2.45, 2.75) is 33.4 Å². The van der Waals surface area contributed by atoms with Crippen molar-refractivity contribution in [1.82, 2.24) is 10.2 Å². The second-order valence-electron chi connectivity index (χ2n) is 5.34. The van der Waals surface area contributed by atoms with Gasteiger partial charge in [0.25, 0.3) is 0 Å². The van der Waals surface area contributed by atoms with Crippen molar-refractivity contribution in [2.24, 2.45) is 0 Å². The Kier molecular flexibility index (Phi) is 6.21. The summed E-state index contributed by atoms with van der Waals surface area (Å²) in [4.78, 5) is 27.1. The summed E-state index contributed by atoms with van der Waals surface area (Å²) < 4.78 is 0. The normalized spacial score (nSPS) is 11.7. The van der Waals surface area contributed by atoms with Gasteiger partial charge < -0.3 is 15.1 Å². The van der Waals surface area contributed by atoms with Gasteiger partial charge in [0, 0.05) is 39.8 Å². The van der Waals surface area contributed by atoms with Gasteiger partial charge in [-0.3, -0.25) is 9.59 Å². The molecule has 1 unspecified atom stereocenters. The lowest BCUT2D eigenvalue weighted by molar-refractivity contribution is -0.135. The molecule has 0 spiro atoms. The SMILES string of the molecule is CCN(Cc1ccc(N(C)C)cc1)C(=O)C(C)NC(C)=O. The minimum atomic E-state index is -0.497. The van der Waals surface area contributed by atoms with Gasteiger partial charge in [0.2, 0.25) is 11.8 Å². The zero-order chi connectivity index (χ0) is 16.0. The molecule has 5 heteroatoms. The fourth-order valence-electron chi connectivity index (χ4n) is 2.11. The third-order valence-electron chi connectivity index (χ3n) is 3.31. The summed E-state index contributed by atoms with van der Waals surface area (Å²) in [7, 11) is 3.98. The maximum absolute atomic E-state index is 12.3. The van der Waals surface area contributed by atoms with E-state index in [-0.39, 0.29) is 11.8 Å². The van der Waals surface area contributed by atoms with Crippen molar-refractivity contribution in [3.63, 3.8) is 0 Å². The standard InChI is InChI=1S/C16H25N3O2/c1-6-19(16(21)12(2)17-13(3)20)11-14-7-9-15(10-8-14)18(4)5/h7-10,12H,6,11H2,1-5H3,(H,17,20). The highest BCUT2D eigenvalue weighted by Crippen LogP contribution is 2.14. The smallest absolute Gasteiger partial charge is 0.245 e. The number of anilines is 1. The van der Waals surface area contributed by atoms with Gasteiger partial charge in [-0.15, -0.1) is 0 Å². The molecule has 116 valence electrons. The predicted molar refractivity (Wildman–Crippen MR) is 85.1 cm³/mol. The van der Waals surface area contributed by atoms with E-state index in [1.807, 2.05) is 50.2 Å². The molecule has 21 heavy (non-hydrogen) atoms. The topological polar surface area (TPSA) is 52.6 Å².